The van der Waals surface area contributed by atoms with Crippen LogP contribution in [0.1, 0.15) is 41.5 Å². The molecule has 0 saturated carbocycles. The number of aliphatic carboxylic acids is 1. The first-order chi connectivity index (χ1) is 16.9. The van der Waals surface area contributed by atoms with Crippen LogP contribution in [0, 0.1) is 13.8 Å². The van der Waals surface area contributed by atoms with Crippen LogP contribution in [0.25, 0.3) is 11.1 Å². The Morgan fingerprint density at radius 1 is 1.06 bits per heavy atom. The quantitative estimate of drug-likeness (QED) is 0.303. The van der Waals surface area contributed by atoms with Gasteiger partial charge in [0.15, 0.2) is 0 Å². The molecule has 0 radical (unpaired) electrons. The highest BCUT2D eigenvalue weighted by atomic mass is 32.2. The molecule has 0 aliphatic carbocycles. The van der Waals surface area contributed by atoms with Crippen LogP contribution in [-0.2, 0) is 11.4 Å². The summed E-state index contributed by atoms with van der Waals surface area (Å²) in [5.74, 6) is 3.53. The molecule has 1 N–H and O–H groups in total. The van der Waals surface area contributed by atoms with Crippen LogP contribution < -0.4 is 14.2 Å². The van der Waals surface area contributed by atoms with Crippen LogP contribution in [0.2, 0.25) is 0 Å². The van der Waals surface area contributed by atoms with E-state index in [1.54, 1.807) is 0 Å². The number of carbonyl (C=O) groups is 1. The zero-order chi connectivity index (χ0) is 24.8. The molecule has 3 aromatic carbocycles. The van der Waals surface area contributed by atoms with Crippen molar-refractivity contribution in [3.8, 4) is 28.4 Å². The third-order valence-corrected chi connectivity index (χ3v) is 6.98. The monoisotopic (exact) mass is 492 g/mol. The van der Waals surface area contributed by atoms with Gasteiger partial charge in [-0.05, 0) is 71.7 Å². The highest BCUT2D eigenvalue weighted by Crippen LogP contribution is 2.38. The maximum Gasteiger partial charge on any atom is 0.304 e. The van der Waals surface area contributed by atoms with Crippen LogP contribution in [-0.4, -0.2) is 35.8 Å². The largest absolute Gasteiger partial charge is 0.493 e. The molecule has 1 aliphatic rings. The summed E-state index contributed by atoms with van der Waals surface area (Å²) >= 11 is 1.88. The number of carboxylic acid groups (broad SMARTS) is 1. The van der Waals surface area contributed by atoms with Crippen LogP contribution in [0.15, 0.2) is 54.6 Å². The van der Waals surface area contributed by atoms with Gasteiger partial charge < -0.3 is 19.3 Å². The van der Waals surface area contributed by atoms with Crippen LogP contribution in [0.3, 0.4) is 0 Å². The van der Waals surface area contributed by atoms with Gasteiger partial charge in [-0.2, -0.15) is 11.8 Å². The molecule has 1 aliphatic heterocycles. The number of benzene rings is 3. The number of hydrogen-bond acceptors (Lipinski definition) is 5. The van der Waals surface area contributed by atoms with Gasteiger partial charge in [0.05, 0.1) is 19.6 Å². The van der Waals surface area contributed by atoms with E-state index in [2.05, 4.69) is 57.2 Å². The molecule has 0 bridgehead atoms. The number of aryl methyl sites for hydroxylation is 2. The van der Waals surface area contributed by atoms with Crippen molar-refractivity contribution in [1.29, 1.82) is 0 Å². The van der Waals surface area contributed by atoms with E-state index >= 15 is 0 Å². The van der Waals surface area contributed by atoms with Gasteiger partial charge in [-0.25, -0.2) is 0 Å². The molecule has 184 valence electrons. The van der Waals surface area contributed by atoms with E-state index in [0.29, 0.717) is 24.7 Å². The van der Waals surface area contributed by atoms with Gasteiger partial charge in [-0.1, -0.05) is 31.2 Å². The summed E-state index contributed by atoms with van der Waals surface area (Å²) in [7, 11) is 0. The summed E-state index contributed by atoms with van der Waals surface area (Å²) in [6.07, 6.45) is 0.0733. The maximum absolute atomic E-state index is 11.1. The standard InChI is InChI=1S/C29H32O5S/c1-4-35-11-10-32-25-12-19(2)29(20(3)13-25)22-7-5-6-21(14-22)17-33-24-8-9-26-23(15-28(30)31)18-34-27(26)16-24/h5-9,12-14,16,23H,4,10-11,15,17-18H2,1-3H3,(H,30,31). The Balaban J connectivity index is 1.43. The first-order valence-corrected chi connectivity index (χ1v) is 13.1. The van der Waals surface area contributed by atoms with Crippen molar-refractivity contribution in [2.45, 2.75) is 39.7 Å². The first kappa shape index (κ1) is 25.0. The predicted molar refractivity (Wildman–Crippen MR) is 141 cm³/mol. The molecule has 0 spiro atoms. The molecule has 3 aromatic rings. The number of rotatable bonds is 11. The molecule has 0 aromatic heterocycles. The number of ether oxygens (including phenoxy) is 3. The molecule has 0 amide bonds. The van der Waals surface area contributed by atoms with Crippen molar-refractivity contribution < 1.29 is 24.1 Å². The third-order valence-electron chi connectivity index (χ3n) is 6.11. The predicted octanol–water partition coefficient (Wildman–Crippen LogP) is 6.63. The van der Waals surface area contributed by atoms with Crippen LogP contribution in [0.5, 0.6) is 17.2 Å². The molecular weight excluding hydrogens is 460 g/mol. The highest BCUT2D eigenvalue weighted by Gasteiger charge is 2.26. The molecule has 35 heavy (non-hydrogen) atoms. The number of hydrogen-bond donors (Lipinski definition) is 1. The molecule has 6 heteroatoms. The molecule has 1 unspecified atom stereocenters. The Hall–Kier alpha value is -3.12. The number of fused-ring (bicyclic) bond motifs is 1. The van der Waals surface area contributed by atoms with Crippen molar-refractivity contribution in [2.24, 2.45) is 0 Å². The van der Waals surface area contributed by atoms with Gasteiger partial charge in [0, 0.05) is 23.3 Å². The molecule has 0 saturated heterocycles. The van der Waals surface area contributed by atoms with E-state index in [9.17, 15) is 4.79 Å². The molecule has 1 heterocycles. The van der Waals surface area contributed by atoms with Crippen molar-refractivity contribution in [3.05, 3.63) is 76.9 Å². The lowest BCUT2D eigenvalue weighted by molar-refractivity contribution is -0.137. The van der Waals surface area contributed by atoms with Crippen LogP contribution in [0.4, 0.5) is 0 Å². The molecule has 5 nitrogen and oxygen atoms in total. The summed E-state index contributed by atoms with van der Waals surface area (Å²) in [6.45, 7) is 7.96. The smallest absolute Gasteiger partial charge is 0.304 e. The van der Waals surface area contributed by atoms with Gasteiger partial charge in [-0.15, -0.1) is 0 Å². The normalized spacial score (nSPS) is 14.3. The summed E-state index contributed by atoms with van der Waals surface area (Å²) in [5.41, 5.74) is 6.76. The van der Waals surface area contributed by atoms with Gasteiger partial charge in [0.2, 0.25) is 0 Å². The van der Waals surface area contributed by atoms with E-state index in [1.807, 2.05) is 30.0 Å². The minimum Gasteiger partial charge on any atom is -0.493 e. The zero-order valence-electron chi connectivity index (χ0n) is 20.5. The van der Waals surface area contributed by atoms with Gasteiger partial charge >= 0.3 is 5.97 Å². The third kappa shape index (κ3) is 6.31. The Morgan fingerprint density at radius 3 is 2.60 bits per heavy atom. The zero-order valence-corrected chi connectivity index (χ0v) is 21.3. The van der Waals surface area contributed by atoms with E-state index < -0.39 is 5.97 Å². The lowest BCUT2D eigenvalue weighted by atomic mass is 9.94. The number of thioether (sulfide) groups is 1. The van der Waals surface area contributed by atoms with Crippen molar-refractivity contribution >= 4 is 17.7 Å². The van der Waals surface area contributed by atoms with Crippen molar-refractivity contribution in [1.82, 2.24) is 0 Å². The van der Waals surface area contributed by atoms with Gasteiger partial charge in [0.1, 0.15) is 23.9 Å². The van der Waals surface area contributed by atoms with Gasteiger partial charge in [0.25, 0.3) is 0 Å². The minimum atomic E-state index is -0.814. The Morgan fingerprint density at radius 2 is 1.86 bits per heavy atom. The Labute approximate surface area is 211 Å². The average Bonchev–Trinajstić information content (AvgIpc) is 3.22. The van der Waals surface area contributed by atoms with Crippen LogP contribution >= 0.6 is 11.8 Å². The topological polar surface area (TPSA) is 65.0 Å². The maximum atomic E-state index is 11.1. The molecular formula is C29H32O5S. The first-order valence-electron chi connectivity index (χ1n) is 12.0. The summed E-state index contributed by atoms with van der Waals surface area (Å²) < 4.78 is 17.7. The highest BCUT2D eigenvalue weighted by molar-refractivity contribution is 7.99. The molecule has 4 rings (SSSR count). The molecule has 0 fully saturated rings. The van der Waals surface area contributed by atoms with E-state index in [1.165, 1.54) is 16.7 Å². The van der Waals surface area contributed by atoms with Crippen molar-refractivity contribution in [3.63, 3.8) is 0 Å². The Kier molecular flexibility index (Phi) is 8.24. The SMILES string of the molecule is CCSCCOc1cc(C)c(-c2cccc(COc3ccc4c(c3)OCC4CC(=O)O)c2)c(C)c1. The number of carboxylic acids is 1. The van der Waals surface area contributed by atoms with E-state index in [-0.39, 0.29) is 12.3 Å². The Bertz CT molecular complexity index is 1170. The fourth-order valence-electron chi connectivity index (χ4n) is 4.54. The second-order valence-electron chi connectivity index (χ2n) is 8.77. The van der Waals surface area contributed by atoms with E-state index in [0.717, 1.165) is 40.6 Å². The fourth-order valence-corrected chi connectivity index (χ4v) is 5.02. The summed E-state index contributed by atoms with van der Waals surface area (Å²) in [5, 5.41) is 9.08. The average molecular weight is 493 g/mol. The fraction of sp³-hybridized carbons (Fsp3) is 0.345. The summed E-state index contributed by atoms with van der Waals surface area (Å²) in [4.78, 5) is 11.1. The van der Waals surface area contributed by atoms with E-state index in [4.69, 9.17) is 19.3 Å². The molecule has 1 atom stereocenters. The lowest BCUT2D eigenvalue weighted by Crippen LogP contribution is -2.07. The summed E-state index contributed by atoms with van der Waals surface area (Å²) in [6, 6.07) is 18.3. The van der Waals surface area contributed by atoms with Crippen molar-refractivity contribution in [2.75, 3.05) is 24.7 Å². The minimum absolute atomic E-state index is 0.0733. The van der Waals surface area contributed by atoms with Gasteiger partial charge in [-0.3, -0.25) is 4.79 Å². The second-order valence-corrected chi connectivity index (χ2v) is 10.2. The lowest BCUT2D eigenvalue weighted by Gasteiger charge is -2.15. The second kappa shape index (κ2) is 11.5.